The van der Waals surface area contributed by atoms with Gasteiger partial charge in [-0.05, 0) is 44.4 Å². The number of aryl methyl sites for hydroxylation is 1. The van der Waals surface area contributed by atoms with E-state index in [9.17, 15) is 4.79 Å². The lowest BCUT2D eigenvalue weighted by Gasteiger charge is -2.28. The average molecular weight is 330 g/mol. The van der Waals surface area contributed by atoms with Crippen molar-refractivity contribution in [1.29, 1.82) is 0 Å². The molecule has 1 amide bonds. The maximum atomic E-state index is 12.5. The van der Waals surface area contributed by atoms with Gasteiger partial charge in [0.2, 0.25) is 5.91 Å². The molecule has 3 atom stereocenters. The van der Waals surface area contributed by atoms with E-state index in [-0.39, 0.29) is 5.91 Å². The van der Waals surface area contributed by atoms with Crippen LogP contribution in [0.5, 0.6) is 0 Å². The van der Waals surface area contributed by atoms with E-state index in [1.165, 1.54) is 44.9 Å². The third kappa shape index (κ3) is 3.51. The SMILES string of the molecule is Cn1nc(C2CCCCC2)cc1NC(=O)CC1C[C@H]2CC[C@@H](C1)N2. The second-order valence-electron chi connectivity index (χ2n) is 8.14. The maximum Gasteiger partial charge on any atom is 0.225 e. The van der Waals surface area contributed by atoms with Crippen molar-refractivity contribution in [2.45, 2.75) is 82.2 Å². The molecule has 5 heteroatoms. The predicted octanol–water partition coefficient (Wildman–Crippen LogP) is 3.33. The molecule has 1 saturated carbocycles. The molecule has 3 aliphatic rings. The number of hydrogen-bond acceptors (Lipinski definition) is 3. The summed E-state index contributed by atoms with van der Waals surface area (Å²) in [6.07, 6.45) is 12.0. The normalized spacial score (nSPS) is 30.5. The first-order valence-electron chi connectivity index (χ1n) is 9.77. The van der Waals surface area contributed by atoms with Crippen LogP contribution in [0.25, 0.3) is 0 Å². The van der Waals surface area contributed by atoms with Crippen molar-refractivity contribution >= 4 is 11.7 Å². The molecule has 0 spiro atoms. The molecular weight excluding hydrogens is 300 g/mol. The maximum absolute atomic E-state index is 12.5. The Morgan fingerprint density at radius 1 is 1.21 bits per heavy atom. The number of piperidine rings is 1. The molecule has 1 aromatic rings. The van der Waals surface area contributed by atoms with Gasteiger partial charge in [0, 0.05) is 37.5 Å². The fraction of sp³-hybridized carbons (Fsp3) is 0.789. The molecule has 1 aromatic heterocycles. The van der Waals surface area contributed by atoms with Gasteiger partial charge >= 0.3 is 0 Å². The Balaban J connectivity index is 1.34. The van der Waals surface area contributed by atoms with Crippen LogP contribution in [0.3, 0.4) is 0 Å². The smallest absolute Gasteiger partial charge is 0.225 e. The standard InChI is InChI=1S/C19H30N4O/c1-23-18(12-17(22-23)14-5-3-2-4-6-14)21-19(24)11-13-9-15-7-8-16(10-13)20-15/h12-16,20H,2-11H2,1H3,(H,21,24)/t13?,15-,16+. The van der Waals surface area contributed by atoms with Crippen LogP contribution >= 0.6 is 0 Å². The van der Waals surface area contributed by atoms with E-state index < -0.39 is 0 Å². The average Bonchev–Trinajstić information content (AvgIpc) is 3.11. The first-order valence-corrected chi connectivity index (χ1v) is 9.77. The Kier molecular flexibility index (Phi) is 4.61. The lowest BCUT2D eigenvalue weighted by atomic mass is 9.87. The zero-order valence-electron chi connectivity index (χ0n) is 14.8. The highest BCUT2D eigenvalue weighted by Gasteiger charge is 2.34. The van der Waals surface area contributed by atoms with Gasteiger partial charge in [0.25, 0.3) is 0 Å². The van der Waals surface area contributed by atoms with Gasteiger partial charge in [-0.3, -0.25) is 9.48 Å². The molecule has 3 fully saturated rings. The number of nitrogens with one attached hydrogen (secondary N) is 2. The van der Waals surface area contributed by atoms with Gasteiger partial charge in [-0.2, -0.15) is 5.10 Å². The summed E-state index contributed by atoms with van der Waals surface area (Å²) in [6.45, 7) is 0. The zero-order chi connectivity index (χ0) is 16.5. The summed E-state index contributed by atoms with van der Waals surface area (Å²) in [7, 11) is 1.94. The first kappa shape index (κ1) is 16.1. The van der Waals surface area contributed by atoms with Crippen LogP contribution in [-0.4, -0.2) is 27.8 Å². The van der Waals surface area contributed by atoms with E-state index in [1.54, 1.807) is 0 Å². The molecule has 0 aromatic carbocycles. The third-order valence-electron chi connectivity index (χ3n) is 6.23. The molecule has 4 rings (SSSR count). The number of carbonyl (C=O) groups is 1. The van der Waals surface area contributed by atoms with Crippen molar-refractivity contribution in [3.05, 3.63) is 11.8 Å². The highest BCUT2D eigenvalue weighted by molar-refractivity contribution is 5.90. The molecule has 5 nitrogen and oxygen atoms in total. The number of hydrogen-bond donors (Lipinski definition) is 2. The Bertz CT molecular complexity index is 578. The summed E-state index contributed by atoms with van der Waals surface area (Å²) in [4.78, 5) is 12.5. The number of anilines is 1. The van der Waals surface area contributed by atoms with Gasteiger partial charge in [-0.15, -0.1) is 0 Å². The van der Waals surface area contributed by atoms with E-state index in [0.29, 0.717) is 30.3 Å². The minimum atomic E-state index is 0.152. The van der Waals surface area contributed by atoms with E-state index in [1.807, 2.05) is 11.7 Å². The van der Waals surface area contributed by atoms with Gasteiger partial charge < -0.3 is 10.6 Å². The van der Waals surface area contributed by atoms with Crippen molar-refractivity contribution < 1.29 is 4.79 Å². The Hall–Kier alpha value is -1.36. The van der Waals surface area contributed by atoms with Gasteiger partial charge in [-0.1, -0.05) is 19.3 Å². The fourth-order valence-electron chi connectivity index (χ4n) is 5.00. The molecule has 1 unspecified atom stereocenters. The van der Waals surface area contributed by atoms with Crippen LogP contribution in [0.2, 0.25) is 0 Å². The van der Waals surface area contributed by atoms with Crippen molar-refractivity contribution in [3.63, 3.8) is 0 Å². The first-order chi connectivity index (χ1) is 11.7. The van der Waals surface area contributed by atoms with Crippen molar-refractivity contribution in [2.24, 2.45) is 13.0 Å². The number of nitrogens with zero attached hydrogens (tertiary/aromatic N) is 2. The highest BCUT2D eigenvalue weighted by atomic mass is 16.1. The van der Waals surface area contributed by atoms with Crippen molar-refractivity contribution in [1.82, 2.24) is 15.1 Å². The van der Waals surface area contributed by atoms with Crippen LogP contribution in [0.4, 0.5) is 5.82 Å². The summed E-state index contributed by atoms with van der Waals surface area (Å²) >= 11 is 0. The number of amides is 1. The van der Waals surface area contributed by atoms with Crippen LogP contribution in [0, 0.1) is 5.92 Å². The Morgan fingerprint density at radius 2 is 1.92 bits per heavy atom. The van der Waals surface area contributed by atoms with E-state index in [2.05, 4.69) is 21.8 Å². The number of aromatic nitrogens is 2. The van der Waals surface area contributed by atoms with Gasteiger partial charge in [0.15, 0.2) is 0 Å². The van der Waals surface area contributed by atoms with Crippen molar-refractivity contribution in [2.75, 3.05) is 5.32 Å². The highest BCUT2D eigenvalue weighted by Crippen LogP contribution is 2.34. The fourth-order valence-corrected chi connectivity index (χ4v) is 5.00. The predicted molar refractivity (Wildman–Crippen MR) is 95.0 cm³/mol. The lowest BCUT2D eigenvalue weighted by Crippen LogP contribution is -2.39. The monoisotopic (exact) mass is 330 g/mol. The van der Waals surface area contributed by atoms with E-state index >= 15 is 0 Å². The second kappa shape index (κ2) is 6.87. The van der Waals surface area contributed by atoms with Crippen molar-refractivity contribution in [3.8, 4) is 0 Å². The zero-order valence-corrected chi connectivity index (χ0v) is 14.8. The second-order valence-corrected chi connectivity index (χ2v) is 8.14. The molecule has 0 radical (unpaired) electrons. The summed E-state index contributed by atoms with van der Waals surface area (Å²) in [5, 5.41) is 11.4. The Morgan fingerprint density at radius 3 is 2.62 bits per heavy atom. The number of fused-ring (bicyclic) bond motifs is 2. The van der Waals surface area contributed by atoms with E-state index in [4.69, 9.17) is 0 Å². The molecule has 2 saturated heterocycles. The largest absolute Gasteiger partial charge is 0.311 e. The number of carbonyl (C=O) groups excluding carboxylic acids is 1. The summed E-state index contributed by atoms with van der Waals surface area (Å²) < 4.78 is 1.84. The summed E-state index contributed by atoms with van der Waals surface area (Å²) in [5.41, 5.74) is 1.16. The van der Waals surface area contributed by atoms with Crippen LogP contribution in [0.1, 0.15) is 75.8 Å². The molecule has 24 heavy (non-hydrogen) atoms. The van der Waals surface area contributed by atoms with Crippen LogP contribution < -0.4 is 10.6 Å². The molecule has 132 valence electrons. The third-order valence-corrected chi connectivity index (χ3v) is 6.23. The summed E-state index contributed by atoms with van der Waals surface area (Å²) in [6, 6.07) is 3.40. The molecule has 2 N–H and O–H groups in total. The molecule has 3 heterocycles. The lowest BCUT2D eigenvalue weighted by molar-refractivity contribution is -0.117. The van der Waals surface area contributed by atoms with Gasteiger partial charge in [0.1, 0.15) is 5.82 Å². The van der Waals surface area contributed by atoms with Crippen LogP contribution in [0.15, 0.2) is 6.07 Å². The molecule has 1 aliphatic carbocycles. The van der Waals surface area contributed by atoms with E-state index in [0.717, 1.165) is 24.4 Å². The quantitative estimate of drug-likeness (QED) is 0.890. The van der Waals surface area contributed by atoms with Gasteiger partial charge in [-0.25, -0.2) is 0 Å². The summed E-state index contributed by atoms with van der Waals surface area (Å²) in [5.74, 6) is 2.13. The molecule has 2 aliphatic heterocycles. The molecular formula is C19H30N4O. The number of rotatable bonds is 4. The minimum absolute atomic E-state index is 0.152. The minimum Gasteiger partial charge on any atom is -0.311 e. The molecule has 2 bridgehead atoms. The van der Waals surface area contributed by atoms with Crippen LogP contribution in [-0.2, 0) is 11.8 Å². The topological polar surface area (TPSA) is 59.0 Å². The Labute approximate surface area is 144 Å². The van der Waals surface area contributed by atoms with Gasteiger partial charge in [0.05, 0.1) is 5.69 Å².